The summed E-state index contributed by atoms with van der Waals surface area (Å²) < 4.78 is 12.6. The van der Waals surface area contributed by atoms with E-state index in [1.807, 2.05) is 38.1 Å². The molecule has 0 atom stereocenters. The Labute approximate surface area is 206 Å². The van der Waals surface area contributed by atoms with Crippen molar-refractivity contribution in [3.05, 3.63) is 69.4 Å². The van der Waals surface area contributed by atoms with Crippen LogP contribution < -0.4 is 10.1 Å². The Bertz CT molecular complexity index is 1380. The number of carbonyl (C=O) groups is 2. The number of hydrogen-bond donors (Lipinski definition) is 1. The van der Waals surface area contributed by atoms with E-state index >= 15 is 0 Å². The third kappa shape index (κ3) is 4.51. The van der Waals surface area contributed by atoms with E-state index in [4.69, 9.17) is 21.1 Å². The van der Waals surface area contributed by atoms with Gasteiger partial charge in [-0.25, -0.2) is 9.78 Å². The lowest BCUT2D eigenvalue weighted by molar-refractivity contribution is 0.0529. The van der Waals surface area contributed by atoms with Gasteiger partial charge in [-0.1, -0.05) is 23.7 Å². The fraction of sp³-hybridized carbons (Fsp3) is 0.240. The highest BCUT2D eigenvalue weighted by Crippen LogP contribution is 2.41. The smallest absolute Gasteiger partial charge is 0.341 e. The molecule has 1 N–H and O–H groups in total. The number of hydrogen-bond acceptors (Lipinski definition) is 6. The van der Waals surface area contributed by atoms with Crippen molar-refractivity contribution in [1.29, 1.82) is 0 Å². The summed E-state index contributed by atoms with van der Waals surface area (Å²) >= 11 is 7.40. The Morgan fingerprint density at radius 3 is 2.53 bits per heavy atom. The molecular weight excluding hydrogens is 474 g/mol. The molecule has 0 saturated carbocycles. The topological polar surface area (TPSA) is 81.9 Å². The van der Waals surface area contributed by atoms with Crippen molar-refractivity contribution in [2.24, 2.45) is 0 Å². The monoisotopic (exact) mass is 497 g/mol. The minimum absolute atomic E-state index is 0.219. The van der Waals surface area contributed by atoms with Crippen LogP contribution in [0.2, 0.25) is 5.02 Å². The fourth-order valence-corrected chi connectivity index (χ4v) is 5.05. The lowest BCUT2D eigenvalue weighted by atomic mass is 10.0. The number of esters is 1. The number of imidazole rings is 1. The van der Waals surface area contributed by atoms with Crippen LogP contribution in [0.5, 0.6) is 5.75 Å². The van der Waals surface area contributed by atoms with Crippen LogP contribution in [-0.4, -0.2) is 34.5 Å². The van der Waals surface area contributed by atoms with Crippen molar-refractivity contribution in [2.75, 3.05) is 18.5 Å². The van der Waals surface area contributed by atoms with E-state index in [0.717, 1.165) is 21.8 Å². The molecule has 0 aliphatic carbocycles. The number of carbonyl (C=O) groups excluding carboxylic acids is 2. The molecule has 0 saturated heterocycles. The van der Waals surface area contributed by atoms with Gasteiger partial charge in [-0.05, 0) is 51.5 Å². The zero-order chi connectivity index (χ0) is 24.4. The molecule has 1 amide bonds. The second kappa shape index (κ2) is 9.87. The van der Waals surface area contributed by atoms with Gasteiger partial charge in [-0.2, -0.15) is 0 Å². The third-order valence-electron chi connectivity index (χ3n) is 5.22. The SMILES string of the molecule is CCOC(=O)c1c(NC(=O)c2c(C)nc3cc(Cl)ccn23)sc(C)c1-c1ccc(OCC)cc1. The summed E-state index contributed by atoms with van der Waals surface area (Å²) in [7, 11) is 0. The number of anilines is 1. The second-order valence-corrected chi connectivity index (χ2v) is 9.15. The molecule has 0 unspecified atom stereocenters. The molecule has 0 spiro atoms. The van der Waals surface area contributed by atoms with Gasteiger partial charge in [0.1, 0.15) is 27.7 Å². The van der Waals surface area contributed by atoms with Gasteiger partial charge < -0.3 is 14.8 Å². The number of ether oxygens (including phenoxy) is 2. The summed E-state index contributed by atoms with van der Waals surface area (Å²) in [5, 5.41) is 3.88. The Morgan fingerprint density at radius 1 is 1.12 bits per heavy atom. The molecule has 0 bridgehead atoms. The van der Waals surface area contributed by atoms with Crippen molar-refractivity contribution in [3.8, 4) is 16.9 Å². The first-order chi connectivity index (χ1) is 16.3. The summed E-state index contributed by atoms with van der Waals surface area (Å²) in [6, 6.07) is 10.9. The molecular formula is C25H24ClN3O4S. The van der Waals surface area contributed by atoms with E-state index in [9.17, 15) is 9.59 Å². The summed E-state index contributed by atoms with van der Waals surface area (Å²) in [5.41, 5.74) is 3.38. The average Bonchev–Trinajstić information content (AvgIpc) is 3.29. The highest BCUT2D eigenvalue weighted by Gasteiger charge is 2.27. The number of benzene rings is 1. The van der Waals surface area contributed by atoms with Crippen LogP contribution in [0, 0.1) is 13.8 Å². The van der Waals surface area contributed by atoms with Gasteiger partial charge in [0, 0.05) is 27.7 Å². The van der Waals surface area contributed by atoms with E-state index in [-0.39, 0.29) is 12.5 Å². The van der Waals surface area contributed by atoms with Crippen molar-refractivity contribution in [3.63, 3.8) is 0 Å². The first kappa shape index (κ1) is 23.8. The van der Waals surface area contributed by atoms with E-state index < -0.39 is 5.97 Å². The number of rotatable bonds is 7. The van der Waals surface area contributed by atoms with E-state index in [1.165, 1.54) is 11.3 Å². The van der Waals surface area contributed by atoms with Crippen molar-refractivity contribution in [1.82, 2.24) is 9.38 Å². The van der Waals surface area contributed by atoms with Crippen molar-refractivity contribution >= 4 is 45.5 Å². The molecule has 34 heavy (non-hydrogen) atoms. The summed E-state index contributed by atoms with van der Waals surface area (Å²) in [6.07, 6.45) is 1.70. The quantitative estimate of drug-likeness (QED) is 0.309. The Kier molecular flexibility index (Phi) is 6.90. The Balaban J connectivity index is 1.76. The molecule has 3 aromatic heterocycles. The summed E-state index contributed by atoms with van der Waals surface area (Å²) in [5.74, 6) is -0.126. The van der Waals surface area contributed by atoms with E-state index in [1.54, 1.807) is 36.6 Å². The molecule has 3 heterocycles. The molecule has 9 heteroatoms. The molecule has 0 aliphatic heterocycles. The number of nitrogens with zero attached hydrogens (tertiary/aromatic N) is 2. The maximum atomic E-state index is 13.3. The zero-order valence-electron chi connectivity index (χ0n) is 19.3. The first-order valence-electron chi connectivity index (χ1n) is 10.8. The number of thiophene rings is 1. The number of nitrogens with one attached hydrogen (secondary N) is 1. The van der Waals surface area contributed by atoms with Crippen LogP contribution in [0.15, 0.2) is 42.6 Å². The van der Waals surface area contributed by atoms with E-state index in [2.05, 4.69) is 10.3 Å². The minimum atomic E-state index is -0.493. The molecule has 7 nitrogen and oxygen atoms in total. The molecule has 0 fully saturated rings. The molecule has 0 aliphatic rings. The average molecular weight is 498 g/mol. The van der Waals surface area contributed by atoms with Crippen LogP contribution >= 0.6 is 22.9 Å². The third-order valence-corrected chi connectivity index (χ3v) is 6.48. The van der Waals surface area contributed by atoms with Crippen LogP contribution in [-0.2, 0) is 4.74 Å². The van der Waals surface area contributed by atoms with E-state index in [0.29, 0.717) is 39.2 Å². The van der Waals surface area contributed by atoms with Crippen molar-refractivity contribution < 1.29 is 19.1 Å². The predicted octanol–water partition coefficient (Wildman–Crippen LogP) is 6.16. The lowest BCUT2D eigenvalue weighted by Gasteiger charge is -2.10. The van der Waals surface area contributed by atoms with Crippen molar-refractivity contribution in [2.45, 2.75) is 27.7 Å². The number of amides is 1. The number of halogens is 1. The molecule has 0 radical (unpaired) electrons. The number of aromatic nitrogens is 2. The van der Waals surface area contributed by atoms with Gasteiger partial charge in [0.25, 0.3) is 5.91 Å². The van der Waals surface area contributed by atoms with Crippen LogP contribution in [0.4, 0.5) is 5.00 Å². The largest absolute Gasteiger partial charge is 0.494 e. The van der Waals surface area contributed by atoms with Gasteiger partial charge in [-0.15, -0.1) is 11.3 Å². The highest BCUT2D eigenvalue weighted by atomic mass is 35.5. The standard InChI is InChI=1S/C25H24ClN3O4S/c1-5-32-18-9-7-16(8-10-18)20-15(4)34-24(21(20)25(31)33-6-2)28-23(30)22-14(3)27-19-13-17(26)11-12-29(19)22/h7-13H,5-6H2,1-4H3,(H,28,30). The maximum absolute atomic E-state index is 13.3. The molecule has 1 aromatic carbocycles. The number of pyridine rings is 1. The van der Waals surface area contributed by atoms with Crippen LogP contribution in [0.25, 0.3) is 16.8 Å². The maximum Gasteiger partial charge on any atom is 0.341 e. The summed E-state index contributed by atoms with van der Waals surface area (Å²) in [4.78, 5) is 31.7. The number of fused-ring (bicyclic) bond motifs is 1. The van der Waals surface area contributed by atoms with Gasteiger partial charge in [-0.3, -0.25) is 9.20 Å². The van der Waals surface area contributed by atoms with Gasteiger partial charge >= 0.3 is 5.97 Å². The zero-order valence-corrected chi connectivity index (χ0v) is 20.8. The lowest BCUT2D eigenvalue weighted by Crippen LogP contribution is -2.17. The second-order valence-electron chi connectivity index (χ2n) is 7.49. The highest BCUT2D eigenvalue weighted by molar-refractivity contribution is 7.17. The normalized spacial score (nSPS) is 11.0. The molecule has 4 aromatic rings. The van der Waals surface area contributed by atoms with Crippen LogP contribution in [0.1, 0.15) is 45.3 Å². The number of aryl methyl sites for hydroxylation is 2. The molecule has 4 rings (SSSR count). The predicted molar refractivity (Wildman–Crippen MR) is 135 cm³/mol. The first-order valence-corrected chi connectivity index (χ1v) is 12.0. The van der Waals surface area contributed by atoms with Gasteiger partial charge in [0.15, 0.2) is 0 Å². The fourth-order valence-electron chi connectivity index (χ4n) is 3.84. The van der Waals surface area contributed by atoms with Gasteiger partial charge in [0.2, 0.25) is 0 Å². The summed E-state index contributed by atoms with van der Waals surface area (Å²) in [6.45, 7) is 8.13. The molecule has 176 valence electrons. The van der Waals surface area contributed by atoms with Gasteiger partial charge in [0.05, 0.1) is 18.9 Å². The minimum Gasteiger partial charge on any atom is -0.494 e. The Morgan fingerprint density at radius 2 is 1.85 bits per heavy atom. The Hall–Kier alpha value is -3.36. The van der Waals surface area contributed by atoms with Crippen LogP contribution in [0.3, 0.4) is 0 Å².